The van der Waals surface area contributed by atoms with Crippen LogP contribution in [0.3, 0.4) is 0 Å². The first-order chi connectivity index (χ1) is 6.99. The van der Waals surface area contributed by atoms with Gasteiger partial charge in [-0.05, 0) is 12.8 Å². The number of rotatable bonds is 7. The first kappa shape index (κ1) is 13.9. The molecule has 6 nitrogen and oxygen atoms in total. The summed E-state index contributed by atoms with van der Waals surface area (Å²) < 4.78 is 4.81. The summed E-state index contributed by atoms with van der Waals surface area (Å²) in [4.78, 5) is 21.6. The zero-order valence-corrected chi connectivity index (χ0v) is 8.81. The minimum absolute atomic E-state index is 0.111. The molecule has 0 aromatic rings. The fraction of sp³-hybridized carbons (Fsp3) is 0.778. The van der Waals surface area contributed by atoms with Crippen LogP contribution in [0, 0.1) is 0 Å². The standard InChI is InChI=1S/C9H18N2O4/c1-2-3-4-15-9(14)7(11)5-6(10)8(12)13/h6-7H,2-5,10-11H2,1H3,(H,12,13). The van der Waals surface area contributed by atoms with Gasteiger partial charge in [-0.1, -0.05) is 13.3 Å². The van der Waals surface area contributed by atoms with Crippen molar-refractivity contribution in [1.29, 1.82) is 0 Å². The molecule has 0 aliphatic heterocycles. The maximum Gasteiger partial charge on any atom is 0.322 e. The average Bonchev–Trinajstić information content (AvgIpc) is 2.17. The summed E-state index contributed by atoms with van der Waals surface area (Å²) in [6.45, 7) is 2.28. The highest BCUT2D eigenvalue weighted by atomic mass is 16.5. The Hall–Kier alpha value is -1.14. The van der Waals surface area contributed by atoms with Gasteiger partial charge in [0.1, 0.15) is 12.1 Å². The number of hydrogen-bond acceptors (Lipinski definition) is 5. The number of carbonyl (C=O) groups excluding carboxylic acids is 1. The van der Waals surface area contributed by atoms with Gasteiger partial charge in [-0.3, -0.25) is 9.59 Å². The van der Waals surface area contributed by atoms with E-state index < -0.39 is 24.0 Å². The third-order valence-electron chi connectivity index (χ3n) is 1.87. The van der Waals surface area contributed by atoms with Crippen LogP contribution in [0.2, 0.25) is 0 Å². The number of aliphatic carboxylic acids is 1. The van der Waals surface area contributed by atoms with Crippen molar-refractivity contribution >= 4 is 11.9 Å². The van der Waals surface area contributed by atoms with E-state index in [1.54, 1.807) is 0 Å². The molecule has 2 unspecified atom stereocenters. The van der Waals surface area contributed by atoms with Crippen LogP contribution in [0.5, 0.6) is 0 Å². The highest BCUT2D eigenvalue weighted by Gasteiger charge is 2.22. The van der Waals surface area contributed by atoms with Crippen molar-refractivity contribution in [1.82, 2.24) is 0 Å². The molecule has 15 heavy (non-hydrogen) atoms. The van der Waals surface area contributed by atoms with E-state index in [1.165, 1.54) is 0 Å². The van der Waals surface area contributed by atoms with E-state index in [9.17, 15) is 9.59 Å². The van der Waals surface area contributed by atoms with Gasteiger partial charge in [-0.2, -0.15) is 0 Å². The quantitative estimate of drug-likeness (QED) is 0.390. The Balaban J connectivity index is 3.83. The molecule has 0 fully saturated rings. The van der Waals surface area contributed by atoms with Gasteiger partial charge < -0.3 is 21.3 Å². The van der Waals surface area contributed by atoms with E-state index in [-0.39, 0.29) is 6.42 Å². The normalized spacial score (nSPS) is 14.3. The molecule has 6 heteroatoms. The Morgan fingerprint density at radius 3 is 2.40 bits per heavy atom. The van der Waals surface area contributed by atoms with E-state index in [0.29, 0.717) is 6.61 Å². The molecule has 2 atom stereocenters. The predicted molar refractivity (Wildman–Crippen MR) is 54.1 cm³/mol. The van der Waals surface area contributed by atoms with Gasteiger partial charge in [-0.15, -0.1) is 0 Å². The smallest absolute Gasteiger partial charge is 0.322 e. The highest BCUT2D eigenvalue weighted by molar-refractivity contribution is 5.78. The third kappa shape index (κ3) is 6.03. The second kappa shape index (κ2) is 7.19. The molecular weight excluding hydrogens is 200 g/mol. The summed E-state index contributed by atoms with van der Waals surface area (Å²) in [6, 6.07) is -2.09. The largest absolute Gasteiger partial charge is 0.480 e. The van der Waals surface area contributed by atoms with E-state index in [1.807, 2.05) is 6.92 Å². The average molecular weight is 218 g/mol. The van der Waals surface area contributed by atoms with Crippen LogP contribution in [0.1, 0.15) is 26.2 Å². The summed E-state index contributed by atoms with van der Waals surface area (Å²) in [5.41, 5.74) is 10.6. The van der Waals surface area contributed by atoms with Gasteiger partial charge in [0, 0.05) is 0 Å². The van der Waals surface area contributed by atoms with Crippen LogP contribution in [0.25, 0.3) is 0 Å². The molecule has 0 amide bonds. The molecule has 0 saturated carbocycles. The fourth-order valence-corrected chi connectivity index (χ4v) is 0.895. The van der Waals surface area contributed by atoms with Crippen molar-refractivity contribution in [3.63, 3.8) is 0 Å². The molecule has 0 aliphatic rings. The van der Waals surface area contributed by atoms with Crippen LogP contribution < -0.4 is 11.5 Å². The number of esters is 1. The molecule has 0 heterocycles. The van der Waals surface area contributed by atoms with Crippen LogP contribution >= 0.6 is 0 Å². The first-order valence-corrected chi connectivity index (χ1v) is 4.89. The number of ether oxygens (including phenoxy) is 1. The molecular formula is C9H18N2O4. The summed E-state index contributed by atoms with van der Waals surface area (Å²) in [5, 5.41) is 8.49. The van der Waals surface area contributed by atoms with Crippen LogP contribution in [-0.4, -0.2) is 35.7 Å². The summed E-state index contributed by atoms with van der Waals surface area (Å²) in [5.74, 6) is -1.77. The second-order valence-corrected chi connectivity index (χ2v) is 3.31. The lowest BCUT2D eigenvalue weighted by atomic mass is 10.1. The van der Waals surface area contributed by atoms with Crippen molar-refractivity contribution in [3.05, 3.63) is 0 Å². The van der Waals surface area contributed by atoms with Gasteiger partial charge in [0.15, 0.2) is 0 Å². The van der Waals surface area contributed by atoms with Gasteiger partial charge in [0.2, 0.25) is 0 Å². The molecule has 0 aromatic heterocycles. The van der Waals surface area contributed by atoms with E-state index in [2.05, 4.69) is 0 Å². The first-order valence-electron chi connectivity index (χ1n) is 4.89. The lowest BCUT2D eigenvalue weighted by Gasteiger charge is -2.13. The van der Waals surface area contributed by atoms with Crippen molar-refractivity contribution in [2.75, 3.05) is 6.61 Å². The van der Waals surface area contributed by atoms with Crippen LogP contribution in [0.4, 0.5) is 0 Å². The molecule has 0 saturated heterocycles. The van der Waals surface area contributed by atoms with Crippen LogP contribution in [-0.2, 0) is 14.3 Å². The van der Waals surface area contributed by atoms with Crippen molar-refractivity contribution < 1.29 is 19.4 Å². The van der Waals surface area contributed by atoms with Gasteiger partial charge in [0.05, 0.1) is 6.61 Å². The number of carboxylic acids is 1. The molecule has 0 aromatic carbocycles. The number of unbranched alkanes of at least 4 members (excludes halogenated alkanes) is 1. The molecule has 0 radical (unpaired) electrons. The molecule has 0 rings (SSSR count). The maximum atomic E-state index is 11.2. The van der Waals surface area contributed by atoms with Crippen molar-refractivity contribution in [2.45, 2.75) is 38.3 Å². The number of hydrogen-bond donors (Lipinski definition) is 3. The zero-order chi connectivity index (χ0) is 11.8. The van der Waals surface area contributed by atoms with Crippen molar-refractivity contribution in [2.24, 2.45) is 11.5 Å². The van der Waals surface area contributed by atoms with Gasteiger partial charge in [0.25, 0.3) is 0 Å². The Labute approximate surface area is 88.6 Å². The Bertz CT molecular complexity index is 220. The van der Waals surface area contributed by atoms with Crippen LogP contribution in [0.15, 0.2) is 0 Å². The minimum atomic E-state index is -1.17. The lowest BCUT2D eigenvalue weighted by molar-refractivity contribution is -0.146. The van der Waals surface area contributed by atoms with E-state index in [0.717, 1.165) is 12.8 Å². The topological polar surface area (TPSA) is 116 Å². The Morgan fingerprint density at radius 1 is 1.33 bits per heavy atom. The second-order valence-electron chi connectivity index (χ2n) is 3.31. The highest BCUT2D eigenvalue weighted by Crippen LogP contribution is 1.98. The number of carbonyl (C=O) groups is 2. The van der Waals surface area contributed by atoms with E-state index >= 15 is 0 Å². The lowest BCUT2D eigenvalue weighted by Crippen LogP contribution is -2.42. The third-order valence-corrected chi connectivity index (χ3v) is 1.87. The van der Waals surface area contributed by atoms with E-state index in [4.69, 9.17) is 21.3 Å². The monoisotopic (exact) mass is 218 g/mol. The number of carboxylic acid groups (broad SMARTS) is 1. The Kier molecular flexibility index (Phi) is 6.64. The summed E-state index contributed by atoms with van der Waals surface area (Å²) in [6.07, 6.45) is 1.57. The molecule has 0 aliphatic carbocycles. The predicted octanol–water partition coefficient (Wildman–Crippen LogP) is -0.541. The van der Waals surface area contributed by atoms with Gasteiger partial charge >= 0.3 is 11.9 Å². The fourth-order valence-electron chi connectivity index (χ4n) is 0.895. The molecule has 5 N–H and O–H groups in total. The molecule has 0 bridgehead atoms. The van der Waals surface area contributed by atoms with Crippen molar-refractivity contribution in [3.8, 4) is 0 Å². The number of nitrogens with two attached hydrogens (primary N) is 2. The van der Waals surface area contributed by atoms with Gasteiger partial charge in [-0.25, -0.2) is 0 Å². The molecule has 88 valence electrons. The summed E-state index contributed by atoms with van der Waals surface area (Å²) in [7, 11) is 0. The Morgan fingerprint density at radius 2 is 1.93 bits per heavy atom. The zero-order valence-electron chi connectivity index (χ0n) is 8.81. The molecule has 0 spiro atoms. The maximum absolute atomic E-state index is 11.2. The SMILES string of the molecule is CCCCOC(=O)C(N)CC(N)C(=O)O. The summed E-state index contributed by atoms with van der Waals surface area (Å²) >= 11 is 0. The minimum Gasteiger partial charge on any atom is -0.480 e.